The topological polar surface area (TPSA) is 61.4 Å². The molecule has 5 nitrogen and oxygen atoms in total. The lowest BCUT2D eigenvalue weighted by Gasteiger charge is -2.34. The molecule has 0 aliphatic carbocycles. The maximum Gasteiger partial charge on any atom is 0.124 e. The number of rotatable bonds is 6. The zero-order valence-electron chi connectivity index (χ0n) is 15.8. The molecular formula is C22H27N3O2. The molecule has 4 rings (SSSR count). The number of nitrogens with zero attached hydrogens (tertiary/aromatic N) is 2. The van der Waals surface area contributed by atoms with E-state index in [1.165, 1.54) is 18.4 Å². The van der Waals surface area contributed by atoms with E-state index in [0.717, 1.165) is 47.7 Å². The summed E-state index contributed by atoms with van der Waals surface area (Å²) in [6.45, 7) is 4.47. The van der Waals surface area contributed by atoms with Gasteiger partial charge in [-0.15, -0.1) is 0 Å². The number of aliphatic hydroxyl groups excluding tert-OH is 1. The number of piperidine rings is 1. The monoisotopic (exact) mass is 365 g/mol. The Labute approximate surface area is 160 Å². The van der Waals surface area contributed by atoms with Crippen molar-refractivity contribution in [3.8, 4) is 5.75 Å². The molecule has 27 heavy (non-hydrogen) atoms. The molecule has 2 heterocycles. The fourth-order valence-electron chi connectivity index (χ4n) is 4.01. The van der Waals surface area contributed by atoms with Crippen LogP contribution >= 0.6 is 0 Å². The van der Waals surface area contributed by atoms with Gasteiger partial charge in [0.05, 0.1) is 30.3 Å². The normalized spacial score (nSPS) is 18.1. The summed E-state index contributed by atoms with van der Waals surface area (Å²) in [5, 5.41) is 9.68. The number of imidazole rings is 1. The minimum atomic E-state index is -0.00379. The van der Waals surface area contributed by atoms with Gasteiger partial charge in [-0.2, -0.15) is 0 Å². The van der Waals surface area contributed by atoms with E-state index in [9.17, 15) is 5.11 Å². The number of benzene rings is 2. The SMILES string of the molecule is CCOc1ccc(CN2CCCC[C@@H]2c2nc3ccccc3[nH]2)cc1CO. The van der Waals surface area contributed by atoms with E-state index >= 15 is 0 Å². The first kappa shape index (κ1) is 18.0. The van der Waals surface area contributed by atoms with Crippen molar-refractivity contribution in [1.29, 1.82) is 0 Å². The van der Waals surface area contributed by atoms with Gasteiger partial charge in [0.1, 0.15) is 11.6 Å². The van der Waals surface area contributed by atoms with E-state index in [1.807, 2.05) is 25.1 Å². The van der Waals surface area contributed by atoms with E-state index in [1.54, 1.807) is 0 Å². The quantitative estimate of drug-likeness (QED) is 0.688. The van der Waals surface area contributed by atoms with E-state index in [-0.39, 0.29) is 6.61 Å². The van der Waals surface area contributed by atoms with Crippen LogP contribution in [-0.2, 0) is 13.2 Å². The molecule has 1 saturated heterocycles. The second-order valence-electron chi connectivity index (χ2n) is 7.15. The summed E-state index contributed by atoms with van der Waals surface area (Å²) >= 11 is 0. The van der Waals surface area contributed by atoms with Crippen LogP contribution in [-0.4, -0.2) is 33.1 Å². The van der Waals surface area contributed by atoms with Gasteiger partial charge in [-0.1, -0.05) is 24.6 Å². The van der Waals surface area contributed by atoms with Crippen LogP contribution in [0.1, 0.15) is 49.2 Å². The minimum Gasteiger partial charge on any atom is -0.494 e. The smallest absolute Gasteiger partial charge is 0.124 e. The molecule has 1 aliphatic heterocycles. The van der Waals surface area contributed by atoms with Crippen LogP contribution in [0.25, 0.3) is 11.0 Å². The van der Waals surface area contributed by atoms with Gasteiger partial charge in [0.2, 0.25) is 0 Å². The van der Waals surface area contributed by atoms with Crippen LogP contribution in [0.2, 0.25) is 0 Å². The van der Waals surface area contributed by atoms with Crippen LogP contribution in [0.15, 0.2) is 42.5 Å². The first-order chi connectivity index (χ1) is 13.3. The number of aliphatic hydroxyl groups is 1. The average Bonchev–Trinajstić information content (AvgIpc) is 3.13. The van der Waals surface area contributed by atoms with Gasteiger partial charge in [0.25, 0.3) is 0 Å². The third-order valence-corrected chi connectivity index (χ3v) is 5.32. The Kier molecular flexibility index (Phi) is 5.41. The Hall–Kier alpha value is -2.37. The third kappa shape index (κ3) is 3.84. The van der Waals surface area contributed by atoms with Gasteiger partial charge in [0, 0.05) is 12.1 Å². The number of H-pyrrole nitrogens is 1. The van der Waals surface area contributed by atoms with Crippen molar-refractivity contribution in [2.75, 3.05) is 13.2 Å². The second-order valence-corrected chi connectivity index (χ2v) is 7.15. The Morgan fingerprint density at radius 3 is 2.93 bits per heavy atom. The molecule has 3 aromatic rings. The molecule has 2 N–H and O–H groups in total. The van der Waals surface area contributed by atoms with E-state index < -0.39 is 0 Å². The summed E-state index contributed by atoms with van der Waals surface area (Å²) in [6, 6.07) is 14.7. The van der Waals surface area contributed by atoms with Gasteiger partial charge in [0.15, 0.2) is 0 Å². The van der Waals surface area contributed by atoms with Gasteiger partial charge in [-0.05, 0) is 56.1 Å². The van der Waals surface area contributed by atoms with Gasteiger partial charge < -0.3 is 14.8 Å². The molecule has 2 aromatic carbocycles. The Balaban J connectivity index is 1.57. The number of hydrogen-bond acceptors (Lipinski definition) is 4. The lowest BCUT2D eigenvalue weighted by Crippen LogP contribution is -2.33. The molecule has 1 aliphatic rings. The van der Waals surface area contributed by atoms with Gasteiger partial charge >= 0.3 is 0 Å². The van der Waals surface area contributed by atoms with Gasteiger partial charge in [-0.25, -0.2) is 4.98 Å². The highest BCUT2D eigenvalue weighted by Crippen LogP contribution is 2.32. The van der Waals surface area contributed by atoms with Crippen molar-refractivity contribution in [1.82, 2.24) is 14.9 Å². The molecule has 5 heteroatoms. The molecular weight excluding hydrogens is 338 g/mol. The molecule has 0 radical (unpaired) electrons. The van der Waals surface area contributed by atoms with Crippen molar-refractivity contribution in [2.24, 2.45) is 0 Å². The van der Waals surface area contributed by atoms with Crippen LogP contribution in [0.4, 0.5) is 0 Å². The first-order valence-electron chi connectivity index (χ1n) is 9.82. The van der Waals surface area contributed by atoms with Crippen molar-refractivity contribution in [2.45, 2.75) is 45.4 Å². The molecule has 0 amide bonds. The molecule has 0 unspecified atom stereocenters. The molecule has 142 valence electrons. The molecule has 1 fully saturated rings. The highest BCUT2D eigenvalue weighted by Gasteiger charge is 2.26. The van der Waals surface area contributed by atoms with Crippen LogP contribution in [0, 0.1) is 0 Å². The molecule has 0 saturated carbocycles. The van der Waals surface area contributed by atoms with E-state index in [4.69, 9.17) is 9.72 Å². The predicted octanol–water partition coefficient (Wildman–Crippen LogP) is 4.18. The summed E-state index contributed by atoms with van der Waals surface area (Å²) in [7, 11) is 0. The van der Waals surface area contributed by atoms with E-state index in [2.05, 4.69) is 34.1 Å². The Morgan fingerprint density at radius 2 is 2.11 bits per heavy atom. The van der Waals surface area contributed by atoms with E-state index in [0.29, 0.717) is 12.6 Å². The maximum atomic E-state index is 9.68. The summed E-state index contributed by atoms with van der Waals surface area (Å²) in [6.07, 6.45) is 3.55. The number of aromatic amines is 1. The highest BCUT2D eigenvalue weighted by atomic mass is 16.5. The number of fused-ring (bicyclic) bond motifs is 1. The first-order valence-corrected chi connectivity index (χ1v) is 9.82. The van der Waals surface area contributed by atoms with Crippen LogP contribution in [0.5, 0.6) is 5.75 Å². The predicted molar refractivity (Wildman–Crippen MR) is 107 cm³/mol. The number of aromatic nitrogens is 2. The highest BCUT2D eigenvalue weighted by molar-refractivity contribution is 5.74. The lowest BCUT2D eigenvalue weighted by molar-refractivity contribution is 0.134. The average molecular weight is 365 g/mol. The molecule has 1 aromatic heterocycles. The van der Waals surface area contributed by atoms with Crippen molar-refractivity contribution in [3.05, 3.63) is 59.4 Å². The zero-order chi connectivity index (χ0) is 18.6. The number of nitrogens with one attached hydrogen (secondary N) is 1. The third-order valence-electron chi connectivity index (χ3n) is 5.32. The molecule has 1 atom stereocenters. The van der Waals surface area contributed by atoms with Crippen LogP contribution in [0.3, 0.4) is 0 Å². The number of likely N-dealkylation sites (tertiary alicyclic amines) is 1. The number of ether oxygens (including phenoxy) is 1. The summed E-state index contributed by atoms with van der Waals surface area (Å²) in [5.41, 5.74) is 4.18. The van der Waals surface area contributed by atoms with Crippen molar-refractivity contribution >= 4 is 11.0 Å². The second kappa shape index (κ2) is 8.11. The molecule has 0 bridgehead atoms. The van der Waals surface area contributed by atoms with Crippen molar-refractivity contribution in [3.63, 3.8) is 0 Å². The van der Waals surface area contributed by atoms with Gasteiger partial charge in [-0.3, -0.25) is 4.90 Å². The summed E-state index contributed by atoms with van der Waals surface area (Å²) < 4.78 is 5.61. The minimum absolute atomic E-state index is 0.00379. The maximum absolute atomic E-state index is 9.68. The summed E-state index contributed by atoms with van der Waals surface area (Å²) in [5.74, 6) is 1.83. The van der Waals surface area contributed by atoms with Crippen molar-refractivity contribution < 1.29 is 9.84 Å². The number of para-hydroxylation sites is 2. The van der Waals surface area contributed by atoms with Crippen LogP contribution < -0.4 is 4.74 Å². The largest absolute Gasteiger partial charge is 0.494 e. The lowest BCUT2D eigenvalue weighted by atomic mass is 10.00. The fourth-order valence-corrected chi connectivity index (χ4v) is 4.01. The summed E-state index contributed by atoms with van der Waals surface area (Å²) in [4.78, 5) is 10.9. The fraction of sp³-hybridized carbons (Fsp3) is 0.409. The number of hydrogen-bond donors (Lipinski definition) is 2. The Bertz CT molecular complexity index is 872. The standard InChI is InChI=1S/C22H27N3O2/c1-2-27-21-11-10-16(13-17(21)15-26)14-25-12-6-5-9-20(25)22-23-18-7-3-4-8-19(18)24-22/h3-4,7-8,10-11,13,20,26H,2,5-6,9,12,14-15H2,1H3,(H,23,24)/t20-/m1/s1. The molecule has 0 spiro atoms. The zero-order valence-corrected chi connectivity index (χ0v) is 15.8. The Morgan fingerprint density at radius 1 is 1.22 bits per heavy atom.